The summed E-state index contributed by atoms with van der Waals surface area (Å²) in [5, 5.41) is 17.8. The van der Waals surface area contributed by atoms with Gasteiger partial charge >= 0.3 is 0 Å². The Balaban J connectivity index is 2.59. The van der Waals surface area contributed by atoms with Crippen molar-refractivity contribution in [3.05, 3.63) is 35.4 Å². The number of hydrogen-bond donors (Lipinski definition) is 0. The molecule has 5 heteroatoms. The zero-order valence-corrected chi connectivity index (χ0v) is 12.5. The standard InChI is InChI=1S/C16H16N4O/c1-11(19-10-18)20(4)14-8-16(2,3)21-15-6-5-12(9-17)7-13(14)15/h5-8H,1-4H3/b19-11+. The lowest BCUT2D eigenvalue weighted by atomic mass is 9.97. The van der Waals surface area contributed by atoms with Crippen LogP contribution in [0, 0.1) is 22.8 Å². The van der Waals surface area contributed by atoms with E-state index in [1.54, 1.807) is 31.3 Å². The fourth-order valence-electron chi connectivity index (χ4n) is 2.21. The normalized spacial score (nSPS) is 15.9. The molecular weight excluding hydrogens is 264 g/mol. The van der Waals surface area contributed by atoms with Crippen molar-refractivity contribution in [3.63, 3.8) is 0 Å². The first-order valence-corrected chi connectivity index (χ1v) is 6.51. The fraction of sp³-hybridized carbons (Fsp3) is 0.312. The quantitative estimate of drug-likeness (QED) is 0.450. The molecule has 0 bridgehead atoms. The fourth-order valence-corrected chi connectivity index (χ4v) is 2.21. The molecule has 106 valence electrons. The summed E-state index contributed by atoms with van der Waals surface area (Å²) in [5.74, 6) is 1.29. The van der Waals surface area contributed by atoms with E-state index in [9.17, 15) is 0 Å². The number of fused-ring (bicyclic) bond motifs is 1. The van der Waals surface area contributed by atoms with Crippen LogP contribution in [0.2, 0.25) is 0 Å². The molecule has 21 heavy (non-hydrogen) atoms. The van der Waals surface area contributed by atoms with Crippen molar-refractivity contribution in [1.29, 1.82) is 10.5 Å². The number of amidine groups is 1. The Morgan fingerprint density at radius 2 is 2.05 bits per heavy atom. The van der Waals surface area contributed by atoms with Gasteiger partial charge in [-0.2, -0.15) is 15.5 Å². The molecule has 1 aliphatic rings. The molecule has 0 aromatic heterocycles. The van der Waals surface area contributed by atoms with Gasteiger partial charge in [-0.1, -0.05) is 0 Å². The molecule has 1 heterocycles. The third-order valence-corrected chi connectivity index (χ3v) is 3.30. The van der Waals surface area contributed by atoms with Crippen LogP contribution in [0.1, 0.15) is 31.9 Å². The highest BCUT2D eigenvalue weighted by Gasteiger charge is 2.29. The highest BCUT2D eigenvalue weighted by molar-refractivity contribution is 5.91. The third kappa shape index (κ3) is 2.88. The molecule has 0 radical (unpaired) electrons. The molecule has 0 unspecified atom stereocenters. The van der Waals surface area contributed by atoms with Gasteiger partial charge in [-0.3, -0.25) is 0 Å². The zero-order valence-electron chi connectivity index (χ0n) is 12.5. The monoisotopic (exact) mass is 280 g/mol. The SMILES string of the molecule is C/C(=N\C#N)N(C)C1=CC(C)(C)Oc2ccc(C#N)cc21. The maximum atomic E-state index is 9.07. The second-order valence-corrected chi connectivity index (χ2v) is 5.38. The van der Waals surface area contributed by atoms with E-state index in [2.05, 4.69) is 11.1 Å². The first-order chi connectivity index (χ1) is 9.88. The predicted molar refractivity (Wildman–Crippen MR) is 80.3 cm³/mol. The summed E-state index contributed by atoms with van der Waals surface area (Å²) < 4.78 is 5.92. The van der Waals surface area contributed by atoms with Crippen molar-refractivity contribution >= 4 is 11.5 Å². The minimum atomic E-state index is -0.475. The lowest BCUT2D eigenvalue weighted by Gasteiger charge is -2.34. The molecule has 1 aromatic rings. The molecule has 0 aliphatic carbocycles. The molecule has 1 aliphatic heterocycles. The summed E-state index contributed by atoms with van der Waals surface area (Å²) in [6, 6.07) is 7.44. The van der Waals surface area contributed by atoms with Crippen molar-refractivity contribution in [3.8, 4) is 18.0 Å². The Bertz CT molecular complexity index is 717. The summed E-state index contributed by atoms with van der Waals surface area (Å²) in [4.78, 5) is 5.59. The number of benzene rings is 1. The maximum absolute atomic E-state index is 9.07. The minimum Gasteiger partial charge on any atom is -0.483 e. The van der Waals surface area contributed by atoms with Gasteiger partial charge in [0.2, 0.25) is 6.19 Å². The molecule has 0 N–H and O–H groups in total. The predicted octanol–water partition coefficient (Wildman–Crippen LogP) is 2.90. The van der Waals surface area contributed by atoms with Crippen LogP contribution in [0.25, 0.3) is 5.70 Å². The summed E-state index contributed by atoms with van der Waals surface area (Å²) in [5.41, 5.74) is 1.78. The van der Waals surface area contributed by atoms with Crippen LogP contribution in [0.15, 0.2) is 29.3 Å². The molecule has 0 saturated heterocycles. The van der Waals surface area contributed by atoms with E-state index in [4.69, 9.17) is 15.3 Å². The van der Waals surface area contributed by atoms with Gasteiger partial charge in [-0.05, 0) is 45.0 Å². The highest BCUT2D eigenvalue weighted by Crippen LogP contribution is 2.37. The van der Waals surface area contributed by atoms with E-state index in [0.29, 0.717) is 17.1 Å². The smallest absolute Gasteiger partial charge is 0.207 e. The Morgan fingerprint density at radius 1 is 1.33 bits per heavy atom. The van der Waals surface area contributed by atoms with Gasteiger partial charge in [0.25, 0.3) is 0 Å². The van der Waals surface area contributed by atoms with Gasteiger partial charge in [0.1, 0.15) is 17.2 Å². The van der Waals surface area contributed by atoms with Gasteiger partial charge in [0.15, 0.2) is 0 Å². The van der Waals surface area contributed by atoms with Crippen molar-refractivity contribution in [2.75, 3.05) is 7.05 Å². The summed E-state index contributed by atoms with van der Waals surface area (Å²) in [7, 11) is 1.84. The van der Waals surface area contributed by atoms with E-state index in [1.807, 2.05) is 31.9 Å². The summed E-state index contributed by atoms with van der Waals surface area (Å²) in [6.45, 7) is 5.68. The molecule has 5 nitrogen and oxygen atoms in total. The average molecular weight is 280 g/mol. The Labute approximate surface area is 124 Å². The number of nitrogens with zero attached hydrogens (tertiary/aromatic N) is 4. The summed E-state index contributed by atoms with van der Waals surface area (Å²) in [6.07, 6.45) is 3.76. The lowest BCUT2D eigenvalue weighted by Crippen LogP contribution is -2.33. The van der Waals surface area contributed by atoms with E-state index >= 15 is 0 Å². The van der Waals surface area contributed by atoms with Crippen LogP contribution in [-0.4, -0.2) is 23.4 Å². The Hall–Kier alpha value is -2.79. The van der Waals surface area contributed by atoms with Crippen LogP contribution < -0.4 is 4.74 Å². The number of hydrogen-bond acceptors (Lipinski definition) is 4. The van der Waals surface area contributed by atoms with Crippen molar-refractivity contribution < 1.29 is 4.74 Å². The van der Waals surface area contributed by atoms with Gasteiger partial charge in [-0.25, -0.2) is 0 Å². The molecule has 0 fully saturated rings. The van der Waals surface area contributed by atoms with Gasteiger partial charge in [-0.15, -0.1) is 0 Å². The molecule has 0 saturated carbocycles. The molecule has 2 rings (SSSR count). The maximum Gasteiger partial charge on any atom is 0.207 e. The first-order valence-electron chi connectivity index (χ1n) is 6.51. The largest absolute Gasteiger partial charge is 0.483 e. The van der Waals surface area contributed by atoms with Crippen LogP contribution in [-0.2, 0) is 0 Å². The van der Waals surface area contributed by atoms with E-state index < -0.39 is 5.60 Å². The number of ether oxygens (including phenoxy) is 1. The second kappa shape index (κ2) is 5.30. The topological polar surface area (TPSA) is 72.4 Å². The highest BCUT2D eigenvalue weighted by atomic mass is 16.5. The van der Waals surface area contributed by atoms with Crippen molar-refractivity contribution in [1.82, 2.24) is 4.90 Å². The Kier molecular flexibility index (Phi) is 3.69. The van der Waals surface area contributed by atoms with E-state index in [1.165, 1.54) is 0 Å². The molecule has 0 amide bonds. The molecular formula is C16H16N4O. The number of aliphatic imine (C=N–C) groups is 1. The Morgan fingerprint density at radius 3 is 2.67 bits per heavy atom. The zero-order chi connectivity index (χ0) is 15.6. The molecule has 0 spiro atoms. The van der Waals surface area contributed by atoms with Crippen LogP contribution >= 0.6 is 0 Å². The lowest BCUT2D eigenvalue weighted by molar-refractivity contribution is 0.156. The van der Waals surface area contributed by atoms with E-state index in [-0.39, 0.29) is 0 Å². The van der Waals surface area contributed by atoms with Crippen LogP contribution in [0.5, 0.6) is 5.75 Å². The number of nitriles is 2. The van der Waals surface area contributed by atoms with Gasteiger partial charge in [0, 0.05) is 12.6 Å². The first kappa shape index (κ1) is 14.6. The van der Waals surface area contributed by atoms with Crippen molar-refractivity contribution in [2.24, 2.45) is 4.99 Å². The van der Waals surface area contributed by atoms with Crippen LogP contribution in [0.4, 0.5) is 0 Å². The van der Waals surface area contributed by atoms with Crippen molar-refractivity contribution in [2.45, 2.75) is 26.4 Å². The second-order valence-electron chi connectivity index (χ2n) is 5.38. The third-order valence-electron chi connectivity index (χ3n) is 3.30. The van der Waals surface area contributed by atoms with Gasteiger partial charge in [0.05, 0.1) is 17.3 Å². The molecule has 0 atom stereocenters. The average Bonchev–Trinajstić information content (AvgIpc) is 2.44. The number of rotatable bonds is 1. The minimum absolute atomic E-state index is 0.475. The summed E-state index contributed by atoms with van der Waals surface area (Å²) >= 11 is 0. The molecule has 1 aromatic carbocycles. The van der Waals surface area contributed by atoms with Crippen LogP contribution in [0.3, 0.4) is 0 Å². The van der Waals surface area contributed by atoms with Gasteiger partial charge < -0.3 is 9.64 Å². The van der Waals surface area contributed by atoms with E-state index in [0.717, 1.165) is 11.3 Å².